The Morgan fingerprint density at radius 2 is 1.86 bits per heavy atom. The first-order valence-electron chi connectivity index (χ1n) is 4.42. The minimum Gasteiger partial charge on any atom is -0.481 e. The van der Waals surface area contributed by atoms with Gasteiger partial charge in [-0.25, -0.2) is 0 Å². The standard InChI is InChI=1S/C11H12O3/c1-8-4-2-3-5-9(8)10(12)6-7-11(13)14/h2-5H,6-7H2,1H3,(H,13,14). The summed E-state index contributed by atoms with van der Waals surface area (Å²) in [5.74, 6) is -1.04. The number of benzene rings is 1. The number of hydrogen-bond acceptors (Lipinski definition) is 2. The number of carboxylic acid groups (broad SMARTS) is 1. The molecule has 0 aliphatic rings. The number of Topliss-reactive ketones (excluding diaryl/α,β-unsaturated/α-hetero) is 1. The van der Waals surface area contributed by atoms with Crippen molar-refractivity contribution in [3.8, 4) is 0 Å². The molecule has 0 atom stereocenters. The van der Waals surface area contributed by atoms with E-state index in [1.165, 1.54) is 0 Å². The lowest BCUT2D eigenvalue weighted by atomic mass is 10.0. The maximum absolute atomic E-state index is 11.5. The van der Waals surface area contributed by atoms with E-state index in [1.807, 2.05) is 19.1 Å². The normalized spacial score (nSPS) is 9.79. The molecular weight excluding hydrogens is 180 g/mol. The van der Waals surface area contributed by atoms with Gasteiger partial charge in [0.05, 0.1) is 6.42 Å². The van der Waals surface area contributed by atoms with Gasteiger partial charge in [0.25, 0.3) is 0 Å². The van der Waals surface area contributed by atoms with E-state index < -0.39 is 5.97 Å². The summed E-state index contributed by atoms with van der Waals surface area (Å²) in [4.78, 5) is 21.8. The third-order valence-electron chi connectivity index (χ3n) is 2.01. The van der Waals surface area contributed by atoms with Crippen molar-refractivity contribution >= 4 is 11.8 Å². The van der Waals surface area contributed by atoms with Gasteiger partial charge in [-0.2, -0.15) is 0 Å². The van der Waals surface area contributed by atoms with Crippen LogP contribution in [0.1, 0.15) is 28.8 Å². The van der Waals surface area contributed by atoms with Gasteiger partial charge < -0.3 is 5.11 Å². The molecule has 0 spiro atoms. The van der Waals surface area contributed by atoms with Crippen molar-refractivity contribution in [2.24, 2.45) is 0 Å². The van der Waals surface area contributed by atoms with Crippen LogP contribution >= 0.6 is 0 Å². The molecule has 1 rings (SSSR count). The molecule has 0 bridgehead atoms. The summed E-state index contributed by atoms with van der Waals surface area (Å²) in [7, 11) is 0. The van der Waals surface area contributed by atoms with Crippen molar-refractivity contribution in [2.45, 2.75) is 19.8 Å². The third-order valence-corrected chi connectivity index (χ3v) is 2.01. The molecule has 0 saturated carbocycles. The fourth-order valence-corrected chi connectivity index (χ4v) is 1.24. The fourth-order valence-electron chi connectivity index (χ4n) is 1.24. The summed E-state index contributed by atoms with van der Waals surface area (Å²) in [5.41, 5.74) is 1.51. The highest BCUT2D eigenvalue weighted by Crippen LogP contribution is 2.10. The Labute approximate surface area is 82.4 Å². The van der Waals surface area contributed by atoms with Gasteiger partial charge in [-0.05, 0) is 12.5 Å². The van der Waals surface area contributed by atoms with Crippen molar-refractivity contribution in [3.63, 3.8) is 0 Å². The van der Waals surface area contributed by atoms with Crippen LogP contribution < -0.4 is 0 Å². The minimum absolute atomic E-state index is 0.0696. The average molecular weight is 192 g/mol. The van der Waals surface area contributed by atoms with E-state index >= 15 is 0 Å². The molecule has 0 aromatic heterocycles. The van der Waals surface area contributed by atoms with Crippen LogP contribution in [0, 0.1) is 6.92 Å². The lowest BCUT2D eigenvalue weighted by molar-refractivity contribution is -0.136. The zero-order valence-corrected chi connectivity index (χ0v) is 7.99. The summed E-state index contributed by atoms with van der Waals surface area (Å²) in [5, 5.41) is 8.43. The third kappa shape index (κ3) is 2.69. The van der Waals surface area contributed by atoms with E-state index in [0.717, 1.165) is 5.56 Å². The van der Waals surface area contributed by atoms with Crippen LogP contribution in [0.4, 0.5) is 0 Å². The highest BCUT2D eigenvalue weighted by Gasteiger charge is 2.09. The number of carbonyl (C=O) groups excluding carboxylic acids is 1. The topological polar surface area (TPSA) is 54.4 Å². The summed E-state index contributed by atoms with van der Waals surface area (Å²) >= 11 is 0. The Kier molecular flexibility index (Phi) is 3.40. The number of hydrogen-bond donors (Lipinski definition) is 1. The summed E-state index contributed by atoms with van der Waals surface area (Å²) in [6.07, 6.45) is -0.0344. The van der Waals surface area contributed by atoms with Crippen molar-refractivity contribution in [2.75, 3.05) is 0 Å². The van der Waals surface area contributed by atoms with Crippen molar-refractivity contribution in [1.29, 1.82) is 0 Å². The second-order valence-electron chi connectivity index (χ2n) is 3.13. The number of ketones is 1. The second-order valence-corrected chi connectivity index (χ2v) is 3.13. The van der Waals surface area contributed by atoms with Gasteiger partial charge in [-0.15, -0.1) is 0 Å². The lowest BCUT2D eigenvalue weighted by Crippen LogP contribution is -2.05. The molecule has 0 unspecified atom stereocenters. The summed E-state index contributed by atoms with van der Waals surface area (Å²) < 4.78 is 0. The van der Waals surface area contributed by atoms with Crippen LogP contribution in [0.2, 0.25) is 0 Å². The number of carbonyl (C=O) groups is 2. The second kappa shape index (κ2) is 4.56. The average Bonchev–Trinajstić information content (AvgIpc) is 2.15. The number of rotatable bonds is 4. The van der Waals surface area contributed by atoms with Gasteiger partial charge in [-0.3, -0.25) is 9.59 Å². The van der Waals surface area contributed by atoms with Crippen LogP contribution in [0.5, 0.6) is 0 Å². The molecule has 0 radical (unpaired) electrons. The molecule has 0 amide bonds. The zero-order chi connectivity index (χ0) is 10.6. The lowest BCUT2D eigenvalue weighted by Gasteiger charge is -2.02. The first-order chi connectivity index (χ1) is 6.61. The van der Waals surface area contributed by atoms with E-state index in [1.54, 1.807) is 12.1 Å². The molecule has 0 fully saturated rings. The van der Waals surface area contributed by atoms with Crippen LogP contribution in [-0.4, -0.2) is 16.9 Å². The smallest absolute Gasteiger partial charge is 0.303 e. The Bertz CT molecular complexity index is 355. The Morgan fingerprint density at radius 1 is 1.21 bits per heavy atom. The monoisotopic (exact) mass is 192 g/mol. The summed E-state index contributed by atoms with van der Waals surface area (Å²) in [6.45, 7) is 1.84. The van der Waals surface area contributed by atoms with Gasteiger partial charge in [0.15, 0.2) is 5.78 Å². The van der Waals surface area contributed by atoms with Crippen LogP contribution in [0.3, 0.4) is 0 Å². The molecule has 74 valence electrons. The molecule has 0 aliphatic carbocycles. The van der Waals surface area contributed by atoms with Crippen LogP contribution in [0.25, 0.3) is 0 Å². The van der Waals surface area contributed by atoms with E-state index in [4.69, 9.17) is 5.11 Å². The molecule has 1 aromatic carbocycles. The van der Waals surface area contributed by atoms with Crippen molar-refractivity contribution < 1.29 is 14.7 Å². The van der Waals surface area contributed by atoms with Crippen LogP contribution in [-0.2, 0) is 4.79 Å². The molecule has 0 heterocycles. The Morgan fingerprint density at radius 3 is 2.43 bits per heavy atom. The van der Waals surface area contributed by atoms with Gasteiger partial charge in [0.1, 0.15) is 0 Å². The minimum atomic E-state index is -0.938. The number of aliphatic carboxylic acids is 1. The predicted octanol–water partition coefficient (Wildman–Crippen LogP) is 2.04. The number of aryl methyl sites for hydroxylation is 1. The molecule has 14 heavy (non-hydrogen) atoms. The highest BCUT2D eigenvalue weighted by atomic mass is 16.4. The first kappa shape index (κ1) is 10.4. The molecule has 0 aliphatic heterocycles. The van der Waals surface area contributed by atoms with E-state index in [9.17, 15) is 9.59 Å². The largest absolute Gasteiger partial charge is 0.481 e. The molecule has 3 nitrogen and oxygen atoms in total. The quantitative estimate of drug-likeness (QED) is 0.743. The van der Waals surface area contributed by atoms with Gasteiger partial charge in [0, 0.05) is 12.0 Å². The van der Waals surface area contributed by atoms with Gasteiger partial charge in [-0.1, -0.05) is 24.3 Å². The Balaban J connectivity index is 2.70. The predicted molar refractivity (Wildman–Crippen MR) is 52.4 cm³/mol. The van der Waals surface area contributed by atoms with Crippen molar-refractivity contribution in [3.05, 3.63) is 35.4 Å². The SMILES string of the molecule is Cc1ccccc1C(=O)CCC(=O)O. The maximum atomic E-state index is 11.5. The maximum Gasteiger partial charge on any atom is 0.303 e. The summed E-state index contributed by atoms with van der Waals surface area (Å²) in [6, 6.07) is 7.19. The number of carboxylic acids is 1. The fraction of sp³-hybridized carbons (Fsp3) is 0.273. The van der Waals surface area contributed by atoms with E-state index in [-0.39, 0.29) is 18.6 Å². The Hall–Kier alpha value is -1.64. The van der Waals surface area contributed by atoms with E-state index in [2.05, 4.69) is 0 Å². The molecule has 1 aromatic rings. The molecular formula is C11H12O3. The molecule has 3 heteroatoms. The first-order valence-corrected chi connectivity index (χ1v) is 4.42. The zero-order valence-electron chi connectivity index (χ0n) is 7.99. The van der Waals surface area contributed by atoms with Gasteiger partial charge in [0.2, 0.25) is 0 Å². The van der Waals surface area contributed by atoms with E-state index in [0.29, 0.717) is 5.56 Å². The molecule has 1 N–H and O–H groups in total. The molecule has 0 saturated heterocycles. The van der Waals surface area contributed by atoms with Crippen molar-refractivity contribution in [1.82, 2.24) is 0 Å². The highest BCUT2D eigenvalue weighted by molar-refractivity contribution is 5.98. The van der Waals surface area contributed by atoms with Gasteiger partial charge >= 0.3 is 5.97 Å². The van der Waals surface area contributed by atoms with Crippen LogP contribution in [0.15, 0.2) is 24.3 Å².